The fraction of sp³-hybridized carbons (Fsp3) is 0.0400. The molecule has 3 heteroatoms. The van der Waals surface area contributed by atoms with Crippen molar-refractivity contribution in [3.63, 3.8) is 0 Å². The fourth-order valence-electron chi connectivity index (χ4n) is 3.65. The highest BCUT2D eigenvalue weighted by atomic mass is 35.5. The van der Waals surface area contributed by atoms with E-state index in [1.807, 2.05) is 37.3 Å². The molecule has 0 aliphatic rings. The van der Waals surface area contributed by atoms with E-state index >= 15 is 0 Å². The summed E-state index contributed by atoms with van der Waals surface area (Å²) in [4.78, 5) is 9.40. The van der Waals surface area contributed by atoms with Crippen LogP contribution < -0.4 is 0 Å². The van der Waals surface area contributed by atoms with Crippen LogP contribution in [0.25, 0.3) is 44.2 Å². The number of rotatable bonds is 2. The van der Waals surface area contributed by atoms with Crippen LogP contribution in [0, 0.1) is 6.92 Å². The molecule has 0 radical (unpaired) electrons. The number of nitrogens with zero attached hydrogens (tertiary/aromatic N) is 2. The Balaban J connectivity index is 1.70. The molecule has 0 saturated carbocycles. The van der Waals surface area contributed by atoms with Crippen molar-refractivity contribution in [3.05, 3.63) is 95.6 Å². The van der Waals surface area contributed by atoms with Crippen LogP contribution in [0.1, 0.15) is 5.56 Å². The molecule has 0 N–H and O–H groups in total. The Bertz CT molecular complexity index is 1330. The van der Waals surface area contributed by atoms with Gasteiger partial charge < -0.3 is 0 Å². The molecular formula is C25H17ClN2. The number of hydrogen-bond acceptors (Lipinski definition) is 2. The summed E-state index contributed by atoms with van der Waals surface area (Å²) >= 11 is 6.46. The van der Waals surface area contributed by atoms with Crippen LogP contribution in [0.2, 0.25) is 5.15 Å². The Morgan fingerprint density at radius 3 is 2.21 bits per heavy atom. The molecule has 1 aromatic heterocycles. The number of aromatic nitrogens is 2. The second kappa shape index (κ2) is 6.74. The van der Waals surface area contributed by atoms with E-state index in [1.165, 1.54) is 16.2 Å². The SMILES string of the molecule is Cc1c(Cl)nc(-c2ccc3c(ccc4ccccc43)c2)nc1-c1ccccc1. The van der Waals surface area contributed by atoms with Gasteiger partial charge in [0, 0.05) is 16.7 Å². The molecule has 4 aromatic carbocycles. The van der Waals surface area contributed by atoms with Crippen LogP contribution in [-0.4, -0.2) is 9.97 Å². The molecule has 28 heavy (non-hydrogen) atoms. The highest BCUT2D eigenvalue weighted by Gasteiger charge is 2.13. The quantitative estimate of drug-likeness (QED) is 0.241. The van der Waals surface area contributed by atoms with Gasteiger partial charge in [0.1, 0.15) is 5.15 Å². The second-order valence-electron chi connectivity index (χ2n) is 6.90. The fourth-order valence-corrected chi connectivity index (χ4v) is 3.82. The highest BCUT2D eigenvalue weighted by Crippen LogP contribution is 2.32. The lowest BCUT2D eigenvalue weighted by Crippen LogP contribution is -1.97. The first-order chi connectivity index (χ1) is 13.7. The zero-order valence-electron chi connectivity index (χ0n) is 15.4. The van der Waals surface area contributed by atoms with Crippen LogP contribution >= 0.6 is 11.6 Å². The minimum atomic E-state index is 0.488. The number of halogens is 1. The molecule has 0 unspecified atom stereocenters. The Hall–Kier alpha value is -3.23. The van der Waals surface area contributed by atoms with Gasteiger partial charge in [-0.2, -0.15) is 0 Å². The molecule has 2 nitrogen and oxygen atoms in total. The molecule has 5 aromatic rings. The van der Waals surface area contributed by atoms with Crippen molar-refractivity contribution < 1.29 is 0 Å². The van der Waals surface area contributed by atoms with Crippen molar-refractivity contribution in [2.45, 2.75) is 6.92 Å². The van der Waals surface area contributed by atoms with Crippen molar-refractivity contribution in [2.24, 2.45) is 0 Å². The van der Waals surface area contributed by atoms with Gasteiger partial charge in [-0.25, -0.2) is 9.97 Å². The normalized spacial score (nSPS) is 11.2. The number of fused-ring (bicyclic) bond motifs is 3. The Kier molecular flexibility index (Phi) is 4.07. The molecule has 0 atom stereocenters. The van der Waals surface area contributed by atoms with E-state index in [2.05, 4.69) is 59.6 Å². The third-order valence-electron chi connectivity index (χ3n) is 5.14. The average molecular weight is 381 g/mol. The molecule has 5 rings (SSSR count). The van der Waals surface area contributed by atoms with Crippen molar-refractivity contribution in [2.75, 3.05) is 0 Å². The third-order valence-corrected chi connectivity index (χ3v) is 5.50. The number of benzene rings is 4. The van der Waals surface area contributed by atoms with Gasteiger partial charge in [0.2, 0.25) is 0 Å². The summed E-state index contributed by atoms with van der Waals surface area (Å²) in [6.45, 7) is 1.96. The first-order valence-corrected chi connectivity index (χ1v) is 9.60. The summed E-state index contributed by atoms with van der Waals surface area (Å²) in [5, 5.41) is 5.37. The molecule has 0 fully saturated rings. The molecule has 134 valence electrons. The molecule has 1 heterocycles. The Labute approximate surface area is 168 Å². The zero-order chi connectivity index (χ0) is 19.1. The van der Waals surface area contributed by atoms with Crippen LogP contribution in [-0.2, 0) is 0 Å². The van der Waals surface area contributed by atoms with E-state index in [-0.39, 0.29) is 0 Å². The maximum absolute atomic E-state index is 6.46. The van der Waals surface area contributed by atoms with E-state index in [1.54, 1.807) is 0 Å². The minimum absolute atomic E-state index is 0.488. The lowest BCUT2D eigenvalue weighted by molar-refractivity contribution is 1.14. The molecular weight excluding hydrogens is 364 g/mol. The largest absolute Gasteiger partial charge is 0.228 e. The molecule has 0 saturated heterocycles. The lowest BCUT2D eigenvalue weighted by Gasteiger charge is -2.11. The van der Waals surface area contributed by atoms with Crippen molar-refractivity contribution in [3.8, 4) is 22.6 Å². The first kappa shape index (κ1) is 16.9. The van der Waals surface area contributed by atoms with Crippen molar-refractivity contribution >= 4 is 33.1 Å². The predicted molar refractivity (Wildman–Crippen MR) is 118 cm³/mol. The highest BCUT2D eigenvalue weighted by molar-refractivity contribution is 6.30. The Morgan fingerprint density at radius 1 is 0.643 bits per heavy atom. The predicted octanol–water partition coefficient (Wildman–Crippen LogP) is 7.08. The summed E-state index contributed by atoms with van der Waals surface area (Å²) in [6, 6.07) is 29.2. The van der Waals surface area contributed by atoms with E-state index in [0.29, 0.717) is 11.0 Å². The van der Waals surface area contributed by atoms with Gasteiger partial charge in [0.25, 0.3) is 0 Å². The third kappa shape index (κ3) is 2.83. The first-order valence-electron chi connectivity index (χ1n) is 9.22. The lowest BCUT2D eigenvalue weighted by atomic mass is 10.00. The summed E-state index contributed by atoms with van der Waals surface area (Å²) in [5.41, 5.74) is 3.76. The zero-order valence-corrected chi connectivity index (χ0v) is 16.1. The van der Waals surface area contributed by atoms with Crippen molar-refractivity contribution in [1.82, 2.24) is 9.97 Å². The van der Waals surface area contributed by atoms with Gasteiger partial charge in [0.05, 0.1) is 5.69 Å². The summed E-state index contributed by atoms with van der Waals surface area (Å²) in [7, 11) is 0. The van der Waals surface area contributed by atoms with Crippen LogP contribution in [0.15, 0.2) is 84.9 Å². The Morgan fingerprint density at radius 2 is 1.36 bits per heavy atom. The molecule has 0 spiro atoms. The molecule has 0 aliphatic heterocycles. The summed E-state index contributed by atoms with van der Waals surface area (Å²) in [6.07, 6.45) is 0. The van der Waals surface area contributed by atoms with Gasteiger partial charge >= 0.3 is 0 Å². The number of hydrogen-bond donors (Lipinski definition) is 0. The second-order valence-corrected chi connectivity index (χ2v) is 7.26. The van der Waals surface area contributed by atoms with Gasteiger partial charge in [-0.1, -0.05) is 90.5 Å². The van der Waals surface area contributed by atoms with Gasteiger partial charge in [-0.05, 0) is 34.5 Å². The van der Waals surface area contributed by atoms with Gasteiger partial charge in [0.15, 0.2) is 5.82 Å². The van der Waals surface area contributed by atoms with Crippen LogP contribution in [0.5, 0.6) is 0 Å². The van der Waals surface area contributed by atoms with Crippen LogP contribution in [0.3, 0.4) is 0 Å². The van der Waals surface area contributed by atoms with Crippen LogP contribution in [0.4, 0.5) is 0 Å². The van der Waals surface area contributed by atoms with E-state index in [0.717, 1.165) is 27.8 Å². The molecule has 0 bridgehead atoms. The topological polar surface area (TPSA) is 25.8 Å². The maximum atomic E-state index is 6.46. The monoisotopic (exact) mass is 380 g/mol. The minimum Gasteiger partial charge on any atom is -0.228 e. The summed E-state index contributed by atoms with van der Waals surface area (Å²) < 4.78 is 0. The van der Waals surface area contributed by atoms with E-state index in [9.17, 15) is 0 Å². The average Bonchev–Trinajstić information content (AvgIpc) is 2.75. The van der Waals surface area contributed by atoms with E-state index in [4.69, 9.17) is 16.6 Å². The van der Waals surface area contributed by atoms with Crippen molar-refractivity contribution in [1.29, 1.82) is 0 Å². The maximum Gasteiger partial charge on any atom is 0.161 e. The molecule has 0 aliphatic carbocycles. The van der Waals surface area contributed by atoms with Gasteiger partial charge in [-0.3, -0.25) is 0 Å². The van der Waals surface area contributed by atoms with E-state index < -0.39 is 0 Å². The standard InChI is InChI=1S/C25H17ClN2/c1-16-23(18-8-3-2-4-9-18)27-25(28-24(16)26)20-13-14-22-19(15-20)12-11-17-7-5-6-10-21(17)22/h2-15H,1H3. The molecule has 0 amide bonds. The van der Waals surface area contributed by atoms with Gasteiger partial charge in [-0.15, -0.1) is 0 Å². The smallest absolute Gasteiger partial charge is 0.161 e. The summed E-state index contributed by atoms with van der Waals surface area (Å²) in [5.74, 6) is 0.643.